The van der Waals surface area contributed by atoms with Gasteiger partial charge >= 0.3 is 11.7 Å². The molecule has 2 aromatic rings. The number of aromatic nitrogens is 2. The van der Waals surface area contributed by atoms with Crippen molar-refractivity contribution < 1.29 is 29.6 Å². The van der Waals surface area contributed by atoms with Gasteiger partial charge in [0.1, 0.15) is 42.8 Å². The quantitative estimate of drug-likeness (QED) is 0.308. The SMILES string of the molecule is N#C[C@@]1(n2ccc(=O)[nH]c2=O)O[C@H](COC(=O)[C@H](N)Cc2ccc(O)cc2)C(O)C1O. The van der Waals surface area contributed by atoms with Crippen molar-refractivity contribution in [1.82, 2.24) is 9.55 Å². The van der Waals surface area contributed by atoms with E-state index in [1.807, 2.05) is 4.98 Å². The molecule has 6 N–H and O–H groups in total. The zero-order valence-corrected chi connectivity index (χ0v) is 16.0. The molecule has 12 nitrogen and oxygen atoms in total. The van der Waals surface area contributed by atoms with Crippen LogP contribution in [0.5, 0.6) is 5.75 Å². The molecule has 31 heavy (non-hydrogen) atoms. The van der Waals surface area contributed by atoms with Crippen molar-refractivity contribution in [2.45, 2.75) is 36.5 Å². The summed E-state index contributed by atoms with van der Waals surface area (Å²) in [6.07, 6.45) is -3.85. The molecule has 164 valence electrons. The molecule has 3 rings (SSSR count). The van der Waals surface area contributed by atoms with Crippen LogP contribution in [-0.2, 0) is 26.4 Å². The molecule has 0 amide bonds. The fourth-order valence-electron chi connectivity index (χ4n) is 3.20. The van der Waals surface area contributed by atoms with E-state index in [0.29, 0.717) is 10.1 Å². The first-order chi connectivity index (χ1) is 14.7. The Morgan fingerprint density at radius 1 is 1.32 bits per heavy atom. The van der Waals surface area contributed by atoms with Crippen LogP contribution in [0.3, 0.4) is 0 Å². The number of carbonyl (C=O) groups excluding carboxylic acids is 1. The second-order valence-electron chi connectivity index (χ2n) is 6.99. The van der Waals surface area contributed by atoms with Crippen LogP contribution in [0.25, 0.3) is 0 Å². The third-order valence-electron chi connectivity index (χ3n) is 4.86. The molecule has 0 aliphatic carbocycles. The fraction of sp³-hybridized carbons (Fsp3) is 0.368. The van der Waals surface area contributed by atoms with Gasteiger partial charge in [-0.1, -0.05) is 12.1 Å². The van der Waals surface area contributed by atoms with Gasteiger partial charge in [0.15, 0.2) is 0 Å². The predicted octanol–water partition coefficient (Wildman–Crippen LogP) is -2.35. The maximum Gasteiger partial charge on any atom is 0.331 e. The summed E-state index contributed by atoms with van der Waals surface area (Å²) in [5, 5.41) is 39.5. The van der Waals surface area contributed by atoms with Gasteiger partial charge in [-0.2, -0.15) is 5.26 Å². The number of H-pyrrole nitrogens is 1. The van der Waals surface area contributed by atoms with Crippen LogP contribution in [0, 0.1) is 11.3 Å². The number of nitrogens with zero attached hydrogens (tertiary/aromatic N) is 2. The minimum atomic E-state index is -2.34. The summed E-state index contributed by atoms with van der Waals surface area (Å²) >= 11 is 0. The van der Waals surface area contributed by atoms with E-state index in [4.69, 9.17) is 15.2 Å². The maximum absolute atomic E-state index is 12.2. The van der Waals surface area contributed by atoms with Crippen molar-refractivity contribution in [3.05, 3.63) is 62.9 Å². The number of nitrogens with one attached hydrogen (secondary N) is 1. The third-order valence-corrected chi connectivity index (χ3v) is 4.86. The summed E-state index contributed by atoms with van der Waals surface area (Å²) in [5.41, 5.74) is 2.39. The molecule has 0 bridgehead atoms. The largest absolute Gasteiger partial charge is 0.508 e. The Labute approximate surface area is 174 Å². The number of esters is 1. The lowest BCUT2D eigenvalue weighted by Gasteiger charge is -2.26. The molecule has 1 aliphatic heterocycles. The number of rotatable bonds is 6. The zero-order valence-electron chi connectivity index (χ0n) is 16.0. The van der Waals surface area contributed by atoms with E-state index in [9.17, 15) is 35.0 Å². The summed E-state index contributed by atoms with van der Waals surface area (Å²) in [6.45, 7) is -0.554. The predicted molar refractivity (Wildman–Crippen MR) is 103 cm³/mol. The number of nitrogens with two attached hydrogens (primary N) is 1. The van der Waals surface area contributed by atoms with Gasteiger partial charge in [0.25, 0.3) is 11.3 Å². The summed E-state index contributed by atoms with van der Waals surface area (Å²) < 4.78 is 11.1. The lowest BCUT2D eigenvalue weighted by Crippen LogP contribution is -2.50. The zero-order chi connectivity index (χ0) is 22.8. The molecule has 1 aliphatic rings. The van der Waals surface area contributed by atoms with Crippen LogP contribution in [0.1, 0.15) is 5.56 Å². The Morgan fingerprint density at radius 2 is 2.00 bits per heavy atom. The molecule has 1 fully saturated rings. The number of aromatic amines is 1. The number of aromatic hydroxyl groups is 1. The highest BCUT2D eigenvalue weighted by Gasteiger charge is 2.57. The number of aliphatic hydroxyl groups excluding tert-OH is 2. The van der Waals surface area contributed by atoms with Crippen LogP contribution < -0.4 is 17.0 Å². The number of hydrogen-bond donors (Lipinski definition) is 5. The van der Waals surface area contributed by atoms with E-state index in [1.165, 1.54) is 12.1 Å². The van der Waals surface area contributed by atoms with Crippen molar-refractivity contribution in [3.8, 4) is 11.8 Å². The highest BCUT2D eigenvalue weighted by atomic mass is 16.6. The maximum atomic E-state index is 12.2. The Bertz CT molecular complexity index is 1110. The minimum Gasteiger partial charge on any atom is -0.508 e. The second-order valence-corrected chi connectivity index (χ2v) is 6.99. The van der Waals surface area contributed by atoms with Crippen LogP contribution in [0.15, 0.2) is 46.1 Å². The van der Waals surface area contributed by atoms with E-state index in [-0.39, 0.29) is 12.2 Å². The van der Waals surface area contributed by atoms with Gasteiger partial charge < -0.3 is 30.5 Å². The molecular formula is C19H20N4O8. The molecule has 1 saturated heterocycles. The van der Waals surface area contributed by atoms with Gasteiger partial charge in [0, 0.05) is 12.3 Å². The summed E-state index contributed by atoms with van der Waals surface area (Å²) in [6, 6.07) is 7.58. The van der Waals surface area contributed by atoms with Crippen molar-refractivity contribution in [3.63, 3.8) is 0 Å². The third kappa shape index (κ3) is 4.35. The number of carbonyl (C=O) groups is 1. The molecule has 0 spiro atoms. The monoisotopic (exact) mass is 432 g/mol. The van der Waals surface area contributed by atoms with E-state index < -0.39 is 53.9 Å². The van der Waals surface area contributed by atoms with Gasteiger partial charge in [-0.15, -0.1) is 0 Å². The van der Waals surface area contributed by atoms with Crippen molar-refractivity contribution in [1.29, 1.82) is 5.26 Å². The highest BCUT2D eigenvalue weighted by molar-refractivity contribution is 5.75. The molecule has 1 aromatic carbocycles. The van der Waals surface area contributed by atoms with E-state index >= 15 is 0 Å². The molecule has 2 heterocycles. The average Bonchev–Trinajstić information content (AvgIpc) is 2.99. The van der Waals surface area contributed by atoms with Crippen LogP contribution in [-0.4, -0.2) is 61.8 Å². The summed E-state index contributed by atoms with van der Waals surface area (Å²) in [7, 11) is 0. The average molecular weight is 432 g/mol. The standard InChI is InChI=1S/C19H20N4O8/c20-9-19(23-6-5-14(25)22-18(23)29)16(27)15(26)13(31-19)8-30-17(28)12(21)7-10-1-3-11(24)4-2-10/h1-6,12-13,15-16,24,26-27H,7-8,21H2,(H,22,25,29)/t12-,13-,15?,16?,19-/m1/s1. The topological polar surface area (TPSA) is 201 Å². The first kappa shape index (κ1) is 22.2. The van der Waals surface area contributed by atoms with Gasteiger partial charge in [-0.3, -0.25) is 19.1 Å². The van der Waals surface area contributed by atoms with Crippen LogP contribution in [0.4, 0.5) is 0 Å². The van der Waals surface area contributed by atoms with Crippen molar-refractivity contribution in [2.75, 3.05) is 6.61 Å². The molecule has 2 unspecified atom stereocenters. The number of benzene rings is 1. The first-order valence-corrected chi connectivity index (χ1v) is 9.15. The van der Waals surface area contributed by atoms with Gasteiger partial charge in [-0.25, -0.2) is 4.79 Å². The molecular weight excluding hydrogens is 412 g/mol. The molecule has 1 aromatic heterocycles. The second kappa shape index (κ2) is 8.70. The number of ether oxygens (including phenoxy) is 2. The lowest BCUT2D eigenvalue weighted by atomic mass is 10.0. The fourth-order valence-corrected chi connectivity index (χ4v) is 3.20. The minimum absolute atomic E-state index is 0.0633. The van der Waals surface area contributed by atoms with E-state index in [1.54, 1.807) is 18.2 Å². The van der Waals surface area contributed by atoms with Gasteiger partial charge in [0.2, 0.25) is 0 Å². The number of hydrogen-bond acceptors (Lipinski definition) is 10. The molecule has 0 radical (unpaired) electrons. The van der Waals surface area contributed by atoms with E-state index in [0.717, 1.165) is 12.3 Å². The van der Waals surface area contributed by atoms with Crippen molar-refractivity contribution in [2.24, 2.45) is 5.73 Å². The Kier molecular flexibility index (Phi) is 6.23. The smallest absolute Gasteiger partial charge is 0.331 e. The number of phenolic OH excluding ortho intramolecular Hbond substituents is 1. The number of phenols is 1. The number of nitriles is 1. The molecule has 0 saturated carbocycles. The Hall–Kier alpha value is -3.50. The number of aliphatic hydroxyl groups is 2. The summed E-state index contributed by atoms with van der Waals surface area (Å²) in [4.78, 5) is 37.5. The van der Waals surface area contributed by atoms with Gasteiger partial charge in [-0.05, 0) is 24.1 Å². The van der Waals surface area contributed by atoms with Crippen LogP contribution in [0.2, 0.25) is 0 Å². The van der Waals surface area contributed by atoms with Crippen molar-refractivity contribution >= 4 is 5.97 Å². The Balaban J connectivity index is 1.69. The molecule has 12 heteroatoms. The van der Waals surface area contributed by atoms with E-state index in [2.05, 4.69) is 0 Å². The molecule has 5 atom stereocenters. The Morgan fingerprint density at radius 3 is 2.61 bits per heavy atom. The normalized spacial score (nSPS) is 26.2. The highest BCUT2D eigenvalue weighted by Crippen LogP contribution is 2.34. The summed E-state index contributed by atoms with van der Waals surface area (Å²) in [5.74, 6) is -0.762. The van der Waals surface area contributed by atoms with Crippen LogP contribution >= 0.6 is 0 Å². The van der Waals surface area contributed by atoms with Gasteiger partial charge in [0.05, 0.1) is 0 Å². The lowest BCUT2D eigenvalue weighted by molar-refractivity contribution is -0.155. The first-order valence-electron chi connectivity index (χ1n) is 9.15.